The van der Waals surface area contributed by atoms with Gasteiger partial charge in [-0.15, -0.1) is 0 Å². The van der Waals surface area contributed by atoms with E-state index in [9.17, 15) is 4.79 Å². The molecule has 0 unspecified atom stereocenters. The van der Waals surface area contributed by atoms with Gasteiger partial charge in [0.05, 0.1) is 23.5 Å². The Morgan fingerprint density at radius 1 is 1.50 bits per heavy atom. The Bertz CT molecular complexity index is 334. The van der Waals surface area contributed by atoms with Crippen molar-refractivity contribution in [1.82, 2.24) is 9.97 Å². The van der Waals surface area contributed by atoms with E-state index in [2.05, 4.69) is 15.3 Å². The summed E-state index contributed by atoms with van der Waals surface area (Å²) in [6.45, 7) is 0.409. The van der Waals surface area contributed by atoms with E-state index < -0.39 is 0 Å². The Morgan fingerprint density at radius 2 is 2.14 bits per heavy atom. The maximum absolute atomic E-state index is 11.7. The molecule has 5 heteroatoms. The molecule has 1 saturated carbocycles. The largest absolute Gasteiger partial charge is 0.329 e. The number of aromatic nitrogens is 2. The molecule has 2 rings (SSSR count). The molecule has 1 aliphatic rings. The standard InChI is InChI=1S/C9H12N4O/c10-5-9(1-2-9)8(14)13-7-3-11-6-12-4-7/h3-4,6H,1-2,5,10H2,(H,13,14). The van der Waals surface area contributed by atoms with E-state index in [4.69, 9.17) is 5.73 Å². The van der Waals surface area contributed by atoms with Crippen LogP contribution < -0.4 is 11.1 Å². The van der Waals surface area contributed by atoms with Crippen molar-refractivity contribution in [2.24, 2.45) is 11.1 Å². The van der Waals surface area contributed by atoms with Crippen LogP contribution in [0.3, 0.4) is 0 Å². The topological polar surface area (TPSA) is 80.9 Å². The third kappa shape index (κ3) is 1.58. The van der Waals surface area contributed by atoms with Crippen molar-refractivity contribution in [2.75, 3.05) is 11.9 Å². The van der Waals surface area contributed by atoms with Crippen LogP contribution in [0.1, 0.15) is 12.8 Å². The molecule has 1 aromatic rings. The van der Waals surface area contributed by atoms with Crippen LogP contribution in [0.25, 0.3) is 0 Å². The van der Waals surface area contributed by atoms with Crippen LogP contribution in [-0.4, -0.2) is 22.4 Å². The summed E-state index contributed by atoms with van der Waals surface area (Å²) in [5, 5.41) is 2.75. The molecular formula is C9H12N4O. The highest BCUT2D eigenvalue weighted by Gasteiger charge is 2.48. The van der Waals surface area contributed by atoms with Crippen molar-refractivity contribution in [3.05, 3.63) is 18.7 Å². The molecule has 0 atom stereocenters. The van der Waals surface area contributed by atoms with E-state index in [0.717, 1.165) is 12.8 Å². The normalized spacial score (nSPS) is 17.5. The van der Waals surface area contributed by atoms with Gasteiger partial charge in [-0.25, -0.2) is 9.97 Å². The number of rotatable bonds is 3. The molecule has 74 valence electrons. The van der Waals surface area contributed by atoms with Gasteiger partial charge in [0.25, 0.3) is 0 Å². The zero-order chi connectivity index (χ0) is 10.0. The monoisotopic (exact) mass is 192 g/mol. The number of carbonyl (C=O) groups is 1. The highest BCUT2D eigenvalue weighted by Crippen LogP contribution is 2.45. The number of nitrogens with two attached hydrogens (primary N) is 1. The van der Waals surface area contributed by atoms with Gasteiger partial charge < -0.3 is 11.1 Å². The molecule has 1 aromatic heterocycles. The lowest BCUT2D eigenvalue weighted by Crippen LogP contribution is -2.30. The van der Waals surface area contributed by atoms with Crippen molar-refractivity contribution in [3.63, 3.8) is 0 Å². The van der Waals surface area contributed by atoms with Crippen molar-refractivity contribution >= 4 is 11.6 Å². The molecule has 14 heavy (non-hydrogen) atoms. The maximum Gasteiger partial charge on any atom is 0.231 e. The molecule has 1 amide bonds. The predicted octanol–water partition coefficient (Wildman–Crippen LogP) is 0.154. The smallest absolute Gasteiger partial charge is 0.231 e. The SMILES string of the molecule is NCC1(C(=O)Nc2cncnc2)CC1. The predicted molar refractivity (Wildman–Crippen MR) is 51.4 cm³/mol. The molecule has 3 N–H and O–H groups in total. The van der Waals surface area contributed by atoms with Crippen LogP contribution in [0.15, 0.2) is 18.7 Å². The fraction of sp³-hybridized carbons (Fsp3) is 0.444. The number of nitrogens with one attached hydrogen (secondary N) is 1. The lowest BCUT2D eigenvalue weighted by molar-refractivity contribution is -0.120. The van der Waals surface area contributed by atoms with E-state index in [-0.39, 0.29) is 11.3 Å². The van der Waals surface area contributed by atoms with E-state index in [1.165, 1.54) is 6.33 Å². The van der Waals surface area contributed by atoms with E-state index in [0.29, 0.717) is 12.2 Å². The zero-order valence-corrected chi connectivity index (χ0v) is 7.73. The van der Waals surface area contributed by atoms with Gasteiger partial charge in [0, 0.05) is 6.54 Å². The minimum absolute atomic E-state index is 0.0187. The van der Waals surface area contributed by atoms with Crippen molar-refractivity contribution in [3.8, 4) is 0 Å². The summed E-state index contributed by atoms with van der Waals surface area (Å²) in [4.78, 5) is 19.3. The average Bonchev–Trinajstić information content (AvgIpc) is 3.00. The summed E-state index contributed by atoms with van der Waals surface area (Å²) in [6.07, 6.45) is 6.31. The molecule has 1 fully saturated rings. The minimum Gasteiger partial charge on any atom is -0.329 e. The molecule has 1 heterocycles. The second-order valence-electron chi connectivity index (χ2n) is 3.57. The van der Waals surface area contributed by atoms with Gasteiger partial charge >= 0.3 is 0 Å². The van der Waals surface area contributed by atoms with Gasteiger partial charge in [-0.05, 0) is 12.8 Å². The van der Waals surface area contributed by atoms with Crippen molar-refractivity contribution in [2.45, 2.75) is 12.8 Å². The third-order valence-corrected chi connectivity index (χ3v) is 2.54. The molecule has 0 radical (unpaired) electrons. The van der Waals surface area contributed by atoms with Gasteiger partial charge in [-0.1, -0.05) is 0 Å². The summed E-state index contributed by atoms with van der Waals surface area (Å²) in [7, 11) is 0. The molecule has 5 nitrogen and oxygen atoms in total. The van der Waals surface area contributed by atoms with Crippen LogP contribution in [0.4, 0.5) is 5.69 Å². The van der Waals surface area contributed by atoms with Crippen LogP contribution in [0.5, 0.6) is 0 Å². The molecule has 0 spiro atoms. The summed E-state index contributed by atoms with van der Waals surface area (Å²) >= 11 is 0. The number of hydrogen-bond donors (Lipinski definition) is 2. The average molecular weight is 192 g/mol. The number of hydrogen-bond acceptors (Lipinski definition) is 4. The summed E-state index contributed by atoms with van der Waals surface area (Å²) in [5.74, 6) is -0.0187. The van der Waals surface area contributed by atoms with Crippen molar-refractivity contribution in [1.29, 1.82) is 0 Å². The molecule has 0 aliphatic heterocycles. The van der Waals surface area contributed by atoms with E-state index in [1.807, 2.05) is 0 Å². The summed E-state index contributed by atoms with van der Waals surface area (Å²) < 4.78 is 0. The minimum atomic E-state index is -0.324. The van der Waals surface area contributed by atoms with Gasteiger partial charge in [0.2, 0.25) is 5.91 Å². The highest BCUT2D eigenvalue weighted by atomic mass is 16.2. The quantitative estimate of drug-likeness (QED) is 0.714. The summed E-state index contributed by atoms with van der Waals surface area (Å²) in [6, 6.07) is 0. The highest BCUT2D eigenvalue weighted by molar-refractivity contribution is 5.97. The van der Waals surface area contributed by atoms with E-state index in [1.54, 1.807) is 12.4 Å². The number of carbonyl (C=O) groups excluding carboxylic acids is 1. The maximum atomic E-state index is 11.7. The first-order valence-electron chi connectivity index (χ1n) is 4.53. The van der Waals surface area contributed by atoms with Gasteiger partial charge in [0.15, 0.2) is 0 Å². The Morgan fingerprint density at radius 3 is 2.64 bits per heavy atom. The first-order chi connectivity index (χ1) is 6.77. The Balaban J connectivity index is 2.02. The Kier molecular flexibility index (Phi) is 2.17. The molecule has 0 saturated heterocycles. The molecule has 1 aliphatic carbocycles. The number of anilines is 1. The Hall–Kier alpha value is -1.49. The first kappa shape index (κ1) is 9.08. The Labute approximate surface area is 81.7 Å². The van der Waals surface area contributed by atoms with Crippen LogP contribution in [0.2, 0.25) is 0 Å². The molecule has 0 aromatic carbocycles. The van der Waals surface area contributed by atoms with Gasteiger partial charge in [0.1, 0.15) is 6.33 Å². The summed E-state index contributed by atoms with van der Waals surface area (Å²) in [5.41, 5.74) is 5.83. The zero-order valence-electron chi connectivity index (χ0n) is 7.73. The number of amides is 1. The van der Waals surface area contributed by atoms with Gasteiger partial charge in [-0.3, -0.25) is 4.79 Å². The fourth-order valence-corrected chi connectivity index (χ4v) is 1.30. The first-order valence-corrected chi connectivity index (χ1v) is 4.53. The molecule has 0 bridgehead atoms. The van der Waals surface area contributed by atoms with Crippen LogP contribution in [-0.2, 0) is 4.79 Å². The van der Waals surface area contributed by atoms with Crippen LogP contribution >= 0.6 is 0 Å². The van der Waals surface area contributed by atoms with Crippen LogP contribution in [0, 0.1) is 5.41 Å². The number of nitrogens with zero attached hydrogens (tertiary/aromatic N) is 2. The van der Waals surface area contributed by atoms with E-state index >= 15 is 0 Å². The second-order valence-corrected chi connectivity index (χ2v) is 3.57. The molecular weight excluding hydrogens is 180 g/mol. The fourth-order valence-electron chi connectivity index (χ4n) is 1.30. The van der Waals surface area contributed by atoms with Crippen molar-refractivity contribution < 1.29 is 4.79 Å². The second kappa shape index (κ2) is 3.34. The third-order valence-electron chi connectivity index (χ3n) is 2.54. The lowest BCUT2D eigenvalue weighted by Gasteiger charge is -2.11. The lowest BCUT2D eigenvalue weighted by atomic mass is 10.1. The van der Waals surface area contributed by atoms with Gasteiger partial charge in [-0.2, -0.15) is 0 Å².